The molecule has 0 saturated carbocycles. The van der Waals surface area contributed by atoms with Crippen LogP contribution in [0.1, 0.15) is 11.1 Å². The van der Waals surface area contributed by atoms with E-state index in [4.69, 9.17) is 10.00 Å². The summed E-state index contributed by atoms with van der Waals surface area (Å²) >= 11 is 3.38. The quantitative estimate of drug-likeness (QED) is 0.458. The number of halogens is 1. The van der Waals surface area contributed by atoms with Crippen LogP contribution < -0.4 is 10.2 Å². The number of rotatable bonds is 6. The van der Waals surface area contributed by atoms with Crippen LogP contribution in [0.15, 0.2) is 82.4 Å². The third kappa shape index (κ3) is 5.53. The highest BCUT2D eigenvalue weighted by Crippen LogP contribution is 2.22. The SMILES string of the molecule is N#Cc1ccc(-c2ccc(OCC(=O)N/N=C/c3cccc(Br)c3)cc2)cc1. The van der Waals surface area contributed by atoms with E-state index in [0.717, 1.165) is 21.2 Å². The van der Waals surface area contributed by atoms with Crippen molar-refractivity contribution in [1.82, 2.24) is 5.43 Å². The molecule has 5 nitrogen and oxygen atoms in total. The van der Waals surface area contributed by atoms with Crippen molar-refractivity contribution in [2.45, 2.75) is 0 Å². The molecule has 0 spiro atoms. The summed E-state index contributed by atoms with van der Waals surface area (Å²) < 4.78 is 6.42. The van der Waals surface area contributed by atoms with Crippen molar-refractivity contribution >= 4 is 28.1 Å². The number of hydrogen-bond donors (Lipinski definition) is 1. The molecule has 0 fully saturated rings. The van der Waals surface area contributed by atoms with E-state index in [-0.39, 0.29) is 12.5 Å². The molecular weight excluding hydrogens is 418 g/mol. The average molecular weight is 434 g/mol. The Morgan fingerprint density at radius 3 is 2.39 bits per heavy atom. The summed E-state index contributed by atoms with van der Waals surface area (Å²) in [6, 6.07) is 24.4. The monoisotopic (exact) mass is 433 g/mol. The molecule has 0 aliphatic carbocycles. The second-order valence-electron chi connectivity index (χ2n) is 5.85. The van der Waals surface area contributed by atoms with Crippen LogP contribution in [0, 0.1) is 11.3 Å². The lowest BCUT2D eigenvalue weighted by molar-refractivity contribution is -0.123. The minimum absolute atomic E-state index is 0.133. The number of ether oxygens (including phenoxy) is 1. The number of nitriles is 1. The Kier molecular flexibility index (Phi) is 6.55. The predicted molar refractivity (Wildman–Crippen MR) is 112 cm³/mol. The van der Waals surface area contributed by atoms with Gasteiger partial charge in [0.05, 0.1) is 17.8 Å². The van der Waals surface area contributed by atoms with Gasteiger partial charge in [0.25, 0.3) is 5.91 Å². The summed E-state index contributed by atoms with van der Waals surface area (Å²) in [5.41, 5.74) is 5.93. The molecule has 0 aliphatic heterocycles. The number of carbonyl (C=O) groups is 1. The minimum Gasteiger partial charge on any atom is -0.484 e. The largest absolute Gasteiger partial charge is 0.484 e. The summed E-state index contributed by atoms with van der Waals surface area (Å²) in [4.78, 5) is 11.8. The van der Waals surface area contributed by atoms with E-state index in [0.29, 0.717) is 11.3 Å². The van der Waals surface area contributed by atoms with Crippen LogP contribution >= 0.6 is 15.9 Å². The van der Waals surface area contributed by atoms with Crippen molar-refractivity contribution in [1.29, 1.82) is 5.26 Å². The Bertz CT molecular complexity index is 1020. The van der Waals surface area contributed by atoms with E-state index < -0.39 is 0 Å². The van der Waals surface area contributed by atoms with Crippen LogP contribution in [-0.2, 0) is 4.79 Å². The van der Waals surface area contributed by atoms with E-state index >= 15 is 0 Å². The first-order valence-corrected chi connectivity index (χ1v) is 9.24. The van der Waals surface area contributed by atoms with Gasteiger partial charge in [-0.1, -0.05) is 52.3 Å². The molecule has 0 heterocycles. The van der Waals surface area contributed by atoms with Crippen LogP contribution in [0.2, 0.25) is 0 Å². The molecule has 3 aromatic carbocycles. The molecule has 138 valence electrons. The van der Waals surface area contributed by atoms with Gasteiger partial charge >= 0.3 is 0 Å². The molecule has 0 radical (unpaired) electrons. The lowest BCUT2D eigenvalue weighted by Gasteiger charge is -2.07. The zero-order chi connectivity index (χ0) is 19.8. The Balaban J connectivity index is 1.50. The average Bonchev–Trinajstić information content (AvgIpc) is 2.73. The van der Waals surface area contributed by atoms with Crippen molar-refractivity contribution in [3.63, 3.8) is 0 Å². The Hall–Kier alpha value is -3.43. The van der Waals surface area contributed by atoms with E-state index in [1.54, 1.807) is 30.5 Å². The first-order valence-electron chi connectivity index (χ1n) is 8.45. The van der Waals surface area contributed by atoms with Crippen molar-refractivity contribution in [2.24, 2.45) is 5.10 Å². The highest BCUT2D eigenvalue weighted by Gasteiger charge is 2.03. The molecule has 0 bridgehead atoms. The summed E-state index contributed by atoms with van der Waals surface area (Å²) in [5, 5.41) is 12.8. The summed E-state index contributed by atoms with van der Waals surface area (Å²) in [7, 11) is 0. The van der Waals surface area contributed by atoms with E-state index in [1.165, 1.54) is 0 Å². The molecule has 0 aliphatic rings. The number of nitrogens with one attached hydrogen (secondary N) is 1. The Morgan fingerprint density at radius 1 is 1.07 bits per heavy atom. The summed E-state index contributed by atoms with van der Waals surface area (Å²) in [6.45, 7) is -0.133. The van der Waals surface area contributed by atoms with Gasteiger partial charge in [0, 0.05) is 4.47 Å². The standard InChI is InChI=1S/C22H16BrN3O2/c23-20-3-1-2-17(12-20)14-25-26-22(27)15-28-21-10-8-19(9-11-21)18-6-4-16(13-24)5-7-18/h1-12,14H,15H2,(H,26,27)/b25-14+. The summed E-state index contributed by atoms with van der Waals surface area (Å²) in [5.74, 6) is 0.242. The first-order chi connectivity index (χ1) is 13.6. The predicted octanol–water partition coefficient (Wildman–Crippen LogP) is 4.52. The van der Waals surface area contributed by atoms with Crippen LogP contribution in [0.25, 0.3) is 11.1 Å². The lowest BCUT2D eigenvalue weighted by Crippen LogP contribution is -2.24. The maximum atomic E-state index is 11.8. The second-order valence-corrected chi connectivity index (χ2v) is 6.77. The Labute approximate surface area is 171 Å². The van der Waals surface area contributed by atoms with E-state index in [2.05, 4.69) is 32.5 Å². The molecule has 1 amide bonds. The fourth-order valence-electron chi connectivity index (χ4n) is 2.43. The van der Waals surface area contributed by atoms with Crippen molar-refractivity contribution in [2.75, 3.05) is 6.61 Å². The van der Waals surface area contributed by atoms with Gasteiger partial charge in [-0.15, -0.1) is 0 Å². The van der Waals surface area contributed by atoms with Crippen LogP contribution in [-0.4, -0.2) is 18.7 Å². The van der Waals surface area contributed by atoms with Crippen molar-refractivity contribution in [3.05, 3.63) is 88.4 Å². The maximum Gasteiger partial charge on any atom is 0.277 e. The third-order valence-corrected chi connectivity index (χ3v) is 4.32. The molecule has 3 rings (SSSR count). The van der Waals surface area contributed by atoms with Gasteiger partial charge in [0.15, 0.2) is 6.61 Å². The number of benzene rings is 3. The van der Waals surface area contributed by atoms with Crippen LogP contribution in [0.4, 0.5) is 0 Å². The molecule has 0 atom stereocenters. The molecule has 0 aromatic heterocycles. The van der Waals surface area contributed by atoms with E-state index in [1.807, 2.05) is 48.5 Å². The maximum absolute atomic E-state index is 11.8. The van der Waals surface area contributed by atoms with Gasteiger partial charge in [0.1, 0.15) is 5.75 Å². The number of carbonyl (C=O) groups excluding carboxylic acids is 1. The summed E-state index contributed by atoms with van der Waals surface area (Å²) in [6.07, 6.45) is 1.56. The van der Waals surface area contributed by atoms with Gasteiger partial charge in [0.2, 0.25) is 0 Å². The number of amides is 1. The van der Waals surface area contributed by atoms with Gasteiger partial charge < -0.3 is 4.74 Å². The zero-order valence-corrected chi connectivity index (χ0v) is 16.4. The zero-order valence-electron chi connectivity index (χ0n) is 14.8. The van der Waals surface area contributed by atoms with Crippen LogP contribution in [0.5, 0.6) is 5.75 Å². The molecule has 0 saturated heterocycles. The van der Waals surface area contributed by atoms with Gasteiger partial charge in [-0.2, -0.15) is 10.4 Å². The van der Waals surface area contributed by atoms with Gasteiger partial charge in [-0.05, 0) is 53.1 Å². The molecule has 3 aromatic rings. The fourth-order valence-corrected chi connectivity index (χ4v) is 2.84. The first kappa shape index (κ1) is 19.3. The molecule has 1 N–H and O–H groups in total. The van der Waals surface area contributed by atoms with Gasteiger partial charge in [-0.3, -0.25) is 4.79 Å². The van der Waals surface area contributed by atoms with Crippen molar-refractivity contribution < 1.29 is 9.53 Å². The van der Waals surface area contributed by atoms with E-state index in [9.17, 15) is 4.79 Å². The highest BCUT2D eigenvalue weighted by molar-refractivity contribution is 9.10. The smallest absolute Gasteiger partial charge is 0.277 e. The number of hydrogen-bond acceptors (Lipinski definition) is 4. The topological polar surface area (TPSA) is 74.5 Å². The third-order valence-electron chi connectivity index (χ3n) is 3.82. The Morgan fingerprint density at radius 2 is 1.75 bits per heavy atom. The lowest BCUT2D eigenvalue weighted by atomic mass is 10.0. The number of nitrogens with zero attached hydrogens (tertiary/aromatic N) is 2. The van der Waals surface area contributed by atoms with Crippen LogP contribution in [0.3, 0.4) is 0 Å². The fraction of sp³-hybridized carbons (Fsp3) is 0.0455. The number of hydrazone groups is 1. The molecule has 0 unspecified atom stereocenters. The van der Waals surface area contributed by atoms with Crippen molar-refractivity contribution in [3.8, 4) is 22.9 Å². The second kappa shape index (κ2) is 9.49. The minimum atomic E-state index is -0.345. The molecule has 6 heteroatoms. The highest BCUT2D eigenvalue weighted by atomic mass is 79.9. The molecule has 28 heavy (non-hydrogen) atoms. The normalized spacial score (nSPS) is 10.4. The van der Waals surface area contributed by atoms with Gasteiger partial charge in [-0.25, -0.2) is 5.43 Å². The molecular formula is C22H16BrN3O2.